The van der Waals surface area contributed by atoms with E-state index in [1.807, 2.05) is 63.1 Å². The minimum Gasteiger partial charge on any atom is -0.311 e. The average Bonchev–Trinajstić information content (AvgIpc) is 2.98. The maximum atomic E-state index is 13.0. The zero-order valence-electron chi connectivity index (χ0n) is 15.2. The van der Waals surface area contributed by atoms with Gasteiger partial charge in [0.05, 0.1) is 24.0 Å². The Bertz CT molecular complexity index is 892. The molecule has 0 atom stereocenters. The van der Waals surface area contributed by atoms with Crippen LogP contribution in [-0.4, -0.2) is 48.3 Å². The van der Waals surface area contributed by atoms with E-state index in [2.05, 4.69) is 22.1 Å². The van der Waals surface area contributed by atoms with Crippen molar-refractivity contribution in [3.63, 3.8) is 0 Å². The molecule has 3 aromatic rings. The van der Waals surface area contributed by atoms with Crippen LogP contribution in [0, 0.1) is 6.92 Å². The number of aromatic nitrogens is 2. The van der Waals surface area contributed by atoms with Crippen LogP contribution in [0.3, 0.4) is 0 Å². The second-order valence-electron chi connectivity index (χ2n) is 6.53. The first-order chi connectivity index (χ1) is 12.0. The summed E-state index contributed by atoms with van der Waals surface area (Å²) in [6, 6.07) is 14.1. The SMILES string of the molecule is Cc1c(C(=O)N(C)c2cccc3ccccc23)cnn1CCN(C)C. The summed E-state index contributed by atoms with van der Waals surface area (Å²) in [4.78, 5) is 16.8. The van der Waals surface area contributed by atoms with Gasteiger partial charge >= 0.3 is 0 Å². The fourth-order valence-corrected chi connectivity index (χ4v) is 2.97. The molecular formula is C20H24N4O. The van der Waals surface area contributed by atoms with Gasteiger partial charge in [-0.3, -0.25) is 9.48 Å². The van der Waals surface area contributed by atoms with Crippen molar-refractivity contribution < 1.29 is 4.79 Å². The van der Waals surface area contributed by atoms with Crippen molar-refractivity contribution in [3.8, 4) is 0 Å². The Kier molecular flexibility index (Phi) is 4.86. The third-order valence-corrected chi connectivity index (χ3v) is 4.53. The predicted octanol–water partition coefficient (Wildman–Crippen LogP) is 3.18. The molecule has 5 nitrogen and oxygen atoms in total. The van der Waals surface area contributed by atoms with Gasteiger partial charge in [0.25, 0.3) is 5.91 Å². The molecule has 0 aliphatic rings. The molecular weight excluding hydrogens is 312 g/mol. The molecule has 0 aliphatic heterocycles. The Morgan fingerprint density at radius 2 is 1.80 bits per heavy atom. The summed E-state index contributed by atoms with van der Waals surface area (Å²) in [5.41, 5.74) is 2.46. The summed E-state index contributed by atoms with van der Waals surface area (Å²) in [5.74, 6) is -0.0371. The van der Waals surface area contributed by atoms with E-state index in [1.54, 1.807) is 11.1 Å². The molecule has 5 heteroatoms. The molecule has 0 saturated carbocycles. The summed E-state index contributed by atoms with van der Waals surface area (Å²) < 4.78 is 1.89. The van der Waals surface area contributed by atoms with E-state index in [1.165, 1.54) is 0 Å². The number of carbonyl (C=O) groups excluding carboxylic acids is 1. The van der Waals surface area contributed by atoms with Crippen LogP contribution in [0.5, 0.6) is 0 Å². The molecule has 0 fully saturated rings. The van der Waals surface area contributed by atoms with Crippen molar-refractivity contribution in [2.75, 3.05) is 32.6 Å². The van der Waals surface area contributed by atoms with Gasteiger partial charge in [0.15, 0.2) is 0 Å². The number of benzene rings is 2. The maximum Gasteiger partial charge on any atom is 0.261 e. The second-order valence-corrected chi connectivity index (χ2v) is 6.53. The lowest BCUT2D eigenvalue weighted by Crippen LogP contribution is -2.27. The fraction of sp³-hybridized carbons (Fsp3) is 0.300. The van der Waals surface area contributed by atoms with Gasteiger partial charge in [0.2, 0.25) is 0 Å². The van der Waals surface area contributed by atoms with E-state index in [9.17, 15) is 4.79 Å². The highest BCUT2D eigenvalue weighted by atomic mass is 16.2. The van der Waals surface area contributed by atoms with Crippen molar-refractivity contribution in [3.05, 3.63) is 59.9 Å². The Labute approximate surface area is 148 Å². The zero-order chi connectivity index (χ0) is 18.0. The lowest BCUT2D eigenvalue weighted by molar-refractivity contribution is 0.0992. The standard InChI is InChI=1S/C20H24N4O/c1-15-18(14-21-24(15)13-12-22(2)3)20(25)23(4)19-11-7-9-16-8-5-6-10-17(16)19/h5-11,14H,12-13H2,1-4H3. The fourth-order valence-electron chi connectivity index (χ4n) is 2.97. The zero-order valence-corrected chi connectivity index (χ0v) is 15.2. The third kappa shape index (κ3) is 3.42. The van der Waals surface area contributed by atoms with Gasteiger partial charge in [-0.1, -0.05) is 36.4 Å². The van der Waals surface area contributed by atoms with Crippen LogP contribution in [-0.2, 0) is 6.54 Å². The molecule has 3 rings (SSSR count). The molecule has 0 radical (unpaired) electrons. The number of carbonyl (C=O) groups is 1. The number of fused-ring (bicyclic) bond motifs is 1. The van der Waals surface area contributed by atoms with Gasteiger partial charge in [0, 0.05) is 24.7 Å². The van der Waals surface area contributed by atoms with Crippen LogP contribution in [0.1, 0.15) is 16.1 Å². The number of likely N-dealkylation sites (N-methyl/N-ethyl adjacent to an activating group) is 1. The minimum absolute atomic E-state index is 0.0371. The Morgan fingerprint density at radius 1 is 1.08 bits per heavy atom. The van der Waals surface area contributed by atoms with E-state index in [0.29, 0.717) is 5.56 Å². The molecule has 0 bridgehead atoms. The molecule has 1 aromatic heterocycles. The van der Waals surface area contributed by atoms with Gasteiger partial charge < -0.3 is 9.80 Å². The van der Waals surface area contributed by atoms with Crippen molar-refractivity contribution in [2.45, 2.75) is 13.5 Å². The van der Waals surface area contributed by atoms with E-state index < -0.39 is 0 Å². The quantitative estimate of drug-likeness (QED) is 0.718. The summed E-state index contributed by atoms with van der Waals surface area (Å²) in [6.45, 7) is 3.60. The Morgan fingerprint density at radius 3 is 2.56 bits per heavy atom. The molecule has 0 unspecified atom stereocenters. The van der Waals surface area contributed by atoms with Crippen LogP contribution in [0.4, 0.5) is 5.69 Å². The summed E-state index contributed by atoms with van der Waals surface area (Å²) in [7, 11) is 5.87. The first kappa shape index (κ1) is 17.2. The van der Waals surface area contributed by atoms with E-state index in [0.717, 1.165) is 35.2 Å². The third-order valence-electron chi connectivity index (χ3n) is 4.53. The van der Waals surface area contributed by atoms with Gasteiger partial charge in [-0.2, -0.15) is 5.10 Å². The molecule has 0 saturated heterocycles. The second kappa shape index (κ2) is 7.07. The maximum absolute atomic E-state index is 13.0. The number of nitrogens with zero attached hydrogens (tertiary/aromatic N) is 4. The highest BCUT2D eigenvalue weighted by Crippen LogP contribution is 2.27. The van der Waals surface area contributed by atoms with Crippen LogP contribution in [0.25, 0.3) is 10.8 Å². The van der Waals surface area contributed by atoms with E-state index in [4.69, 9.17) is 0 Å². The van der Waals surface area contributed by atoms with E-state index in [-0.39, 0.29) is 5.91 Å². The van der Waals surface area contributed by atoms with Crippen LogP contribution >= 0.6 is 0 Å². The normalized spacial score (nSPS) is 11.2. The molecule has 130 valence electrons. The molecule has 1 heterocycles. The molecule has 0 N–H and O–H groups in total. The highest BCUT2D eigenvalue weighted by molar-refractivity contribution is 6.10. The molecule has 1 amide bonds. The first-order valence-electron chi connectivity index (χ1n) is 8.42. The molecule has 0 spiro atoms. The largest absolute Gasteiger partial charge is 0.311 e. The summed E-state index contributed by atoms with van der Waals surface area (Å²) in [5, 5.41) is 6.58. The summed E-state index contributed by atoms with van der Waals surface area (Å²) >= 11 is 0. The van der Waals surface area contributed by atoms with Crippen molar-refractivity contribution in [1.29, 1.82) is 0 Å². The molecule has 25 heavy (non-hydrogen) atoms. The van der Waals surface area contributed by atoms with E-state index >= 15 is 0 Å². The minimum atomic E-state index is -0.0371. The van der Waals surface area contributed by atoms with Crippen molar-refractivity contribution in [2.24, 2.45) is 0 Å². The lowest BCUT2D eigenvalue weighted by atomic mass is 10.1. The predicted molar refractivity (Wildman–Crippen MR) is 102 cm³/mol. The van der Waals surface area contributed by atoms with Gasteiger partial charge in [-0.15, -0.1) is 0 Å². The smallest absolute Gasteiger partial charge is 0.261 e. The highest BCUT2D eigenvalue weighted by Gasteiger charge is 2.20. The number of rotatable bonds is 5. The van der Waals surface area contributed by atoms with Crippen molar-refractivity contribution in [1.82, 2.24) is 14.7 Å². The van der Waals surface area contributed by atoms with Crippen LogP contribution in [0.15, 0.2) is 48.7 Å². The monoisotopic (exact) mass is 336 g/mol. The van der Waals surface area contributed by atoms with Crippen LogP contribution < -0.4 is 4.90 Å². The Hall–Kier alpha value is -2.66. The number of hydrogen-bond donors (Lipinski definition) is 0. The summed E-state index contributed by atoms with van der Waals surface area (Å²) in [6.07, 6.45) is 1.68. The number of amides is 1. The topological polar surface area (TPSA) is 41.4 Å². The molecule has 0 aliphatic carbocycles. The Balaban J connectivity index is 1.90. The molecule has 2 aromatic carbocycles. The van der Waals surface area contributed by atoms with Crippen LogP contribution in [0.2, 0.25) is 0 Å². The van der Waals surface area contributed by atoms with Gasteiger partial charge in [-0.25, -0.2) is 0 Å². The average molecular weight is 336 g/mol. The number of hydrogen-bond acceptors (Lipinski definition) is 3. The lowest BCUT2D eigenvalue weighted by Gasteiger charge is -2.19. The first-order valence-corrected chi connectivity index (χ1v) is 8.42. The van der Waals surface area contributed by atoms with Gasteiger partial charge in [-0.05, 0) is 32.5 Å². The van der Waals surface area contributed by atoms with Gasteiger partial charge in [0.1, 0.15) is 0 Å². The van der Waals surface area contributed by atoms with Crippen molar-refractivity contribution >= 4 is 22.4 Å². The number of anilines is 1.